The molecular formula is C14H15NO3. The third-order valence-electron chi connectivity index (χ3n) is 2.57. The van der Waals surface area contributed by atoms with Crippen molar-refractivity contribution in [3.63, 3.8) is 0 Å². The maximum absolute atomic E-state index is 10.2. The summed E-state index contributed by atoms with van der Waals surface area (Å²) in [5.74, 6) is 0.429. The first kappa shape index (κ1) is 12.4. The van der Waals surface area contributed by atoms with E-state index in [0.29, 0.717) is 23.6 Å². The molecule has 2 N–H and O–H groups in total. The quantitative estimate of drug-likeness (QED) is 0.867. The fourth-order valence-electron chi connectivity index (χ4n) is 1.68. The molecule has 2 rings (SSSR count). The number of phenolic OH excluding ortho intramolecular Hbond substituents is 1. The summed E-state index contributed by atoms with van der Waals surface area (Å²) < 4.78 is 5.28. The van der Waals surface area contributed by atoms with Gasteiger partial charge in [0, 0.05) is 6.20 Å². The Morgan fingerprint density at radius 1 is 1.28 bits per heavy atom. The van der Waals surface area contributed by atoms with Crippen LogP contribution in [-0.4, -0.2) is 21.8 Å². The first-order valence-electron chi connectivity index (χ1n) is 5.77. The van der Waals surface area contributed by atoms with Gasteiger partial charge < -0.3 is 14.9 Å². The van der Waals surface area contributed by atoms with Crippen LogP contribution < -0.4 is 4.74 Å². The molecule has 0 amide bonds. The summed E-state index contributed by atoms with van der Waals surface area (Å²) in [6, 6.07) is 10.1. The molecule has 0 bridgehead atoms. The molecule has 94 valence electrons. The highest BCUT2D eigenvalue weighted by Crippen LogP contribution is 2.31. The van der Waals surface area contributed by atoms with Gasteiger partial charge in [0.05, 0.1) is 12.3 Å². The van der Waals surface area contributed by atoms with E-state index in [9.17, 15) is 10.2 Å². The average Bonchev–Trinajstić information content (AvgIpc) is 2.42. The van der Waals surface area contributed by atoms with Crippen LogP contribution in [0.5, 0.6) is 11.5 Å². The Morgan fingerprint density at radius 2 is 2.11 bits per heavy atom. The molecule has 0 fully saturated rings. The molecule has 0 aliphatic rings. The van der Waals surface area contributed by atoms with E-state index < -0.39 is 6.10 Å². The lowest BCUT2D eigenvalue weighted by molar-refractivity contribution is 0.214. The highest BCUT2D eigenvalue weighted by Gasteiger charge is 2.13. The summed E-state index contributed by atoms with van der Waals surface area (Å²) in [4.78, 5) is 4.10. The lowest BCUT2D eigenvalue weighted by Gasteiger charge is -2.13. The van der Waals surface area contributed by atoms with E-state index in [2.05, 4.69) is 4.98 Å². The zero-order valence-corrected chi connectivity index (χ0v) is 10.1. The minimum atomic E-state index is -0.828. The minimum absolute atomic E-state index is 0.0637. The SMILES string of the molecule is CCOc1cc(C(O)c2ccccn2)ccc1O. The third-order valence-corrected chi connectivity index (χ3v) is 2.57. The van der Waals surface area contributed by atoms with Crippen LogP contribution in [0.4, 0.5) is 0 Å². The summed E-state index contributed by atoms with van der Waals surface area (Å²) in [5.41, 5.74) is 1.19. The van der Waals surface area contributed by atoms with Crippen molar-refractivity contribution < 1.29 is 14.9 Å². The molecule has 1 heterocycles. The van der Waals surface area contributed by atoms with E-state index in [4.69, 9.17) is 4.74 Å². The summed E-state index contributed by atoms with van der Waals surface area (Å²) in [6.07, 6.45) is 0.800. The average molecular weight is 245 g/mol. The Balaban J connectivity index is 2.31. The van der Waals surface area contributed by atoms with Gasteiger partial charge in [-0.15, -0.1) is 0 Å². The molecule has 0 aliphatic carbocycles. The first-order chi connectivity index (χ1) is 8.72. The predicted octanol–water partition coefficient (Wildman–Crippen LogP) is 2.27. The molecule has 2 aromatic rings. The van der Waals surface area contributed by atoms with Gasteiger partial charge in [0.15, 0.2) is 11.5 Å². The van der Waals surface area contributed by atoms with Gasteiger partial charge in [-0.3, -0.25) is 4.98 Å². The normalized spacial score (nSPS) is 12.1. The van der Waals surface area contributed by atoms with Crippen molar-refractivity contribution in [1.82, 2.24) is 4.98 Å². The smallest absolute Gasteiger partial charge is 0.161 e. The minimum Gasteiger partial charge on any atom is -0.504 e. The van der Waals surface area contributed by atoms with Crippen LogP contribution in [-0.2, 0) is 0 Å². The number of aliphatic hydroxyl groups excluding tert-OH is 1. The van der Waals surface area contributed by atoms with Crippen molar-refractivity contribution in [1.29, 1.82) is 0 Å². The molecule has 18 heavy (non-hydrogen) atoms. The zero-order chi connectivity index (χ0) is 13.0. The molecule has 1 atom stereocenters. The van der Waals surface area contributed by atoms with E-state index >= 15 is 0 Å². The van der Waals surface area contributed by atoms with E-state index in [-0.39, 0.29) is 5.75 Å². The number of phenols is 1. The van der Waals surface area contributed by atoms with Crippen molar-refractivity contribution >= 4 is 0 Å². The van der Waals surface area contributed by atoms with Crippen LogP contribution in [0.2, 0.25) is 0 Å². The number of hydrogen-bond donors (Lipinski definition) is 2. The highest BCUT2D eigenvalue weighted by molar-refractivity contribution is 5.43. The molecule has 1 aromatic heterocycles. The third kappa shape index (κ3) is 2.60. The molecule has 0 saturated heterocycles. The first-order valence-corrected chi connectivity index (χ1v) is 5.77. The molecule has 4 heteroatoms. The maximum atomic E-state index is 10.2. The summed E-state index contributed by atoms with van der Waals surface area (Å²) >= 11 is 0. The van der Waals surface area contributed by atoms with Gasteiger partial charge in [-0.1, -0.05) is 12.1 Å². The van der Waals surface area contributed by atoms with Gasteiger partial charge in [0.2, 0.25) is 0 Å². The van der Waals surface area contributed by atoms with Gasteiger partial charge in [-0.05, 0) is 36.8 Å². The number of rotatable bonds is 4. The molecule has 1 unspecified atom stereocenters. The van der Waals surface area contributed by atoms with Crippen LogP contribution in [0.1, 0.15) is 24.3 Å². The lowest BCUT2D eigenvalue weighted by atomic mass is 10.1. The number of hydrogen-bond acceptors (Lipinski definition) is 4. The molecule has 1 aromatic carbocycles. The second-order valence-corrected chi connectivity index (χ2v) is 3.82. The van der Waals surface area contributed by atoms with Gasteiger partial charge in [0.25, 0.3) is 0 Å². The number of aromatic hydroxyl groups is 1. The number of aliphatic hydroxyl groups is 1. The van der Waals surface area contributed by atoms with Crippen molar-refractivity contribution in [2.45, 2.75) is 13.0 Å². The van der Waals surface area contributed by atoms with Crippen LogP contribution in [0.15, 0.2) is 42.6 Å². The number of nitrogens with zero attached hydrogens (tertiary/aromatic N) is 1. The van der Waals surface area contributed by atoms with E-state index in [1.165, 1.54) is 6.07 Å². The lowest BCUT2D eigenvalue weighted by Crippen LogP contribution is -2.02. The molecule has 0 radical (unpaired) electrons. The van der Waals surface area contributed by atoms with E-state index in [1.807, 2.05) is 13.0 Å². The second-order valence-electron chi connectivity index (χ2n) is 3.82. The standard InChI is InChI=1S/C14H15NO3/c1-2-18-13-9-10(6-7-12(13)16)14(17)11-5-3-4-8-15-11/h3-9,14,16-17H,2H2,1H3. The summed E-state index contributed by atoms with van der Waals surface area (Å²) in [5, 5.41) is 19.8. The summed E-state index contributed by atoms with van der Waals surface area (Å²) in [6.45, 7) is 2.29. The van der Waals surface area contributed by atoms with Crippen LogP contribution in [0, 0.1) is 0 Å². The van der Waals surface area contributed by atoms with Crippen LogP contribution in [0.25, 0.3) is 0 Å². The van der Waals surface area contributed by atoms with E-state index in [1.54, 1.807) is 30.5 Å². The molecule has 0 aliphatic heterocycles. The van der Waals surface area contributed by atoms with Gasteiger partial charge in [0.1, 0.15) is 6.10 Å². The fraction of sp³-hybridized carbons (Fsp3) is 0.214. The highest BCUT2D eigenvalue weighted by atomic mass is 16.5. The number of benzene rings is 1. The van der Waals surface area contributed by atoms with Crippen molar-refractivity contribution in [2.24, 2.45) is 0 Å². The molecule has 0 saturated carbocycles. The Kier molecular flexibility index (Phi) is 3.79. The Morgan fingerprint density at radius 3 is 2.78 bits per heavy atom. The molecule has 4 nitrogen and oxygen atoms in total. The second kappa shape index (κ2) is 5.51. The monoisotopic (exact) mass is 245 g/mol. The Bertz CT molecular complexity index is 514. The molecular weight excluding hydrogens is 230 g/mol. The largest absolute Gasteiger partial charge is 0.504 e. The fourth-order valence-corrected chi connectivity index (χ4v) is 1.68. The number of aromatic nitrogens is 1. The van der Waals surface area contributed by atoms with Gasteiger partial charge in [-0.25, -0.2) is 0 Å². The number of pyridine rings is 1. The Hall–Kier alpha value is -2.07. The maximum Gasteiger partial charge on any atom is 0.161 e. The van der Waals surface area contributed by atoms with Gasteiger partial charge in [-0.2, -0.15) is 0 Å². The van der Waals surface area contributed by atoms with E-state index in [0.717, 1.165) is 0 Å². The predicted molar refractivity (Wildman–Crippen MR) is 67.6 cm³/mol. The Labute approximate surface area is 106 Å². The van der Waals surface area contributed by atoms with Crippen molar-refractivity contribution in [3.8, 4) is 11.5 Å². The van der Waals surface area contributed by atoms with Crippen LogP contribution >= 0.6 is 0 Å². The van der Waals surface area contributed by atoms with Crippen LogP contribution in [0.3, 0.4) is 0 Å². The van der Waals surface area contributed by atoms with Crippen molar-refractivity contribution in [3.05, 3.63) is 53.9 Å². The topological polar surface area (TPSA) is 62.6 Å². The summed E-state index contributed by atoms with van der Waals surface area (Å²) in [7, 11) is 0. The van der Waals surface area contributed by atoms with Crippen molar-refractivity contribution in [2.75, 3.05) is 6.61 Å². The molecule has 0 spiro atoms. The van der Waals surface area contributed by atoms with Gasteiger partial charge >= 0.3 is 0 Å². The zero-order valence-electron chi connectivity index (χ0n) is 10.1. The number of ether oxygens (including phenoxy) is 1.